The van der Waals surface area contributed by atoms with Crippen molar-refractivity contribution in [2.24, 2.45) is 5.84 Å². The molecule has 3 nitrogen and oxygen atoms in total. The SMILES string of the molecule is NNC(=O)Cc1cccc(F)c1F. The number of rotatable bonds is 2. The molecule has 70 valence electrons. The number of hydrogen-bond acceptors (Lipinski definition) is 2. The van der Waals surface area contributed by atoms with Gasteiger partial charge in [0.05, 0.1) is 6.42 Å². The Morgan fingerprint density at radius 3 is 2.77 bits per heavy atom. The van der Waals surface area contributed by atoms with Crippen molar-refractivity contribution >= 4 is 5.91 Å². The fourth-order valence-corrected chi connectivity index (χ4v) is 0.909. The minimum Gasteiger partial charge on any atom is -0.294 e. The van der Waals surface area contributed by atoms with Gasteiger partial charge in [0.2, 0.25) is 5.91 Å². The van der Waals surface area contributed by atoms with E-state index >= 15 is 0 Å². The largest absolute Gasteiger partial charge is 0.294 e. The predicted molar refractivity (Wildman–Crippen MR) is 42.4 cm³/mol. The van der Waals surface area contributed by atoms with Crippen LogP contribution in [-0.2, 0) is 11.2 Å². The van der Waals surface area contributed by atoms with Gasteiger partial charge in [-0.2, -0.15) is 0 Å². The second-order valence-electron chi connectivity index (χ2n) is 2.46. The lowest BCUT2D eigenvalue weighted by Gasteiger charge is -2.01. The minimum absolute atomic E-state index is 0.0112. The standard InChI is InChI=1S/C8H8F2N2O/c9-6-3-1-2-5(8(6)10)4-7(13)12-11/h1-3H,4,11H2,(H,12,13). The van der Waals surface area contributed by atoms with Crippen LogP contribution < -0.4 is 11.3 Å². The molecule has 0 aliphatic carbocycles. The number of carbonyl (C=O) groups excluding carboxylic acids is 1. The Labute approximate surface area is 73.5 Å². The molecule has 0 radical (unpaired) electrons. The van der Waals surface area contributed by atoms with Crippen LogP contribution in [0.4, 0.5) is 8.78 Å². The van der Waals surface area contributed by atoms with Crippen molar-refractivity contribution in [2.75, 3.05) is 0 Å². The Morgan fingerprint density at radius 1 is 1.46 bits per heavy atom. The third-order valence-electron chi connectivity index (χ3n) is 1.54. The summed E-state index contributed by atoms with van der Waals surface area (Å²) in [7, 11) is 0. The van der Waals surface area contributed by atoms with E-state index in [1.54, 1.807) is 0 Å². The summed E-state index contributed by atoms with van der Waals surface area (Å²) in [5.41, 5.74) is 1.82. The van der Waals surface area contributed by atoms with Gasteiger partial charge in [0, 0.05) is 5.56 Å². The lowest BCUT2D eigenvalue weighted by molar-refractivity contribution is -0.120. The Bertz CT molecular complexity index is 328. The van der Waals surface area contributed by atoms with E-state index in [-0.39, 0.29) is 12.0 Å². The average Bonchev–Trinajstić information content (AvgIpc) is 2.13. The van der Waals surface area contributed by atoms with Gasteiger partial charge in [-0.25, -0.2) is 14.6 Å². The zero-order valence-electron chi connectivity index (χ0n) is 6.68. The number of nitrogens with two attached hydrogens (primary N) is 1. The van der Waals surface area contributed by atoms with E-state index in [1.165, 1.54) is 12.1 Å². The van der Waals surface area contributed by atoms with Gasteiger partial charge in [-0.05, 0) is 6.07 Å². The molecule has 0 spiro atoms. The molecule has 5 heteroatoms. The number of halogens is 2. The molecule has 0 bridgehead atoms. The molecule has 0 saturated carbocycles. The molecule has 3 N–H and O–H groups in total. The molecule has 0 aliphatic rings. The van der Waals surface area contributed by atoms with Crippen LogP contribution in [-0.4, -0.2) is 5.91 Å². The molecule has 1 amide bonds. The van der Waals surface area contributed by atoms with Crippen LogP contribution in [0.1, 0.15) is 5.56 Å². The maximum absolute atomic E-state index is 12.9. The molecule has 1 rings (SSSR count). The minimum atomic E-state index is -1.01. The van der Waals surface area contributed by atoms with E-state index < -0.39 is 17.5 Å². The maximum atomic E-state index is 12.9. The number of hydrazine groups is 1. The third kappa shape index (κ3) is 2.22. The highest BCUT2D eigenvalue weighted by atomic mass is 19.2. The maximum Gasteiger partial charge on any atom is 0.238 e. The number of nitrogens with one attached hydrogen (secondary N) is 1. The van der Waals surface area contributed by atoms with Crippen LogP contribution >= 0.6 is 0 Å². The lowest BCUT2D eigenvalue weighted by atomic mass is 10.1. The van der Waals surface area contributed by atoms with Crippen molar-refractivity contribution in [3.63, 3.8) is 0 Å². The highest BCUT2D eigenvalue weighted by Gasteiger charge is 2.10. The number of benzene rings is 1. The number of amides is 1. The Kier molecular flexibility index (Phi) is 2.92. The van der Waals surface area contributed by atoms with Crippen molar-refractivity contribution in [2.45, 2.75) is 6.42 Å². The molecule has 1 aromatic rings. The first kappa shape index (κ1) is 9.60. The van der Waals surface area contributed by atoms with E-state index in [0.717, 1.165) is 6.07 Å². The summed E-state index contributed by atoms with van der Waals surface area (Å²) in [6.07, 6.45) is -0.264. The van der Waals surface area contributed by atoms with E-state index in [4.69, 9.17) is 5.84 Å². The molecule has 0 aliphatic heterocycles. The highest BCUT2D eigenvalue weighted by molar-refractivity contribution is 5.77. The lowest BCUT2D eigenvalue weighted by Crippen LogP contribution is -2.31. The summed E-state index contributed by atoms with van der Waals surface area (Å²) in [5.74, 6) is 2.25. The van der Waals surface area contributed by atoms with Crippen LogP contribution in [0, 0.1) is 11.6 Å². The van der Waals surface area contributed by atoms with E-state index in [2.05, 4.69) is 0 Å². The Hall–Kier alpha value is -1.49. The van der Waals surface area contributed by atoms with Gasteiger partial charge in [-0.3, -0.25) is 10.2 Å². The molecule has 0 aromatic heterocycles. The second-order valence-corrected chi connectivity index (χ2v) is 2.46. The summed E-state index contributed by atoms with van der Waals surface area (Å²) >= 11 is 0. The fraction of sp³-hybridized carbons (Fsp3) is 0.125. The molecule has 0 fully saturated rings. The normalized spacial score (nSPS) is 9.77. The molecule has 0 atom stereocenters. The van der Waals surface area contributed by atoms with Crippen molar-refractivity contribution in [3.8, 4) is 0 Å². The molecule has 0 heterocycles. The van der Waals surface area contributed by atoms with Gasteiger partial charge in [0.1, 0.15) is 0 Å². The second kappa shape index (κ2) is 3.95. The Balaban J connectivity index is 2.89. The predicted octanol–water partition coefficient (Wildman–Crippen LogP) is 0.497. The molecule has 0 saturated heterocycles. The van der Waals surface area contributed by atoms with Crippen LogP contribution in [0.15, 0.2) is 18.2 Å². The molecular weight excluding hydrogens is 178 g/mol. The summed E-state index contributed by atoms with van der Waals surface area (Å²) in [6.45, 7) is 0. The van der Waals surface area contributed by atoms with Gasteiger partial charge in [0.15, 0.2) is 11.6 Å². The number of carbonyl (C=O) groups is 1. The molecule has 1 aromatic carbocycles. The summed E-state index contributed by atoms with van der Waals surface area (Å²) < 4.78 is 25.5. The number of hydrogen-bond donors (Lipinski definition) is 2. The summed E-state index contributed by atoms with van der Waals surface area (Å²) in [4.78, 5) is 10.7. The van der Waals surface area contributed by atoms with E-state index in [1.807, 2.05) is 5.43 Å². The van der Waals surface area contributed by atoms with Crippen molar-refractivity contribution < 1.29 is 13.6 Å². The van der Waals surface area contributed by atoms with Crippen LogP contribution in [0.2, 0.25) is 0 Å². The first-order valence-electron chi connectivity index (χ1n) is 3.57. The van der Waals surface area contributed by atoms with Crippen molar-refractivity contribution in [3.05, 3.63) is 35.4 Å². The third-order valence-corrected chi connectivity index (χ3v) is 1.54. The smallest absolute Gasteiger partial charge is 0.238 e. The van der Waals surface area contributed by atoms with Crippen molar-refractivity contribution in [1.29, 1.82) is 0 Å². The first-order chi connectivity index (χ1) is 6.15. The molecular formula is C8H8F2N2O. The zero-order valence-corrected chi connectivity index (χ0v) is 6.68. The zero-order chi connectivity index (χ0) is 9.84. The van der Waals surface area contributed by atoms with Crippen LogP contribution in [0.5, 0.6) is 0 Å². The van der Waals surface area contributed by atoms with E-state index in [9.17, 15) is 13.6 Å². The topological polar surface area (TPSA) is 55.1 Å². The van der Waals surface area contributed by atoms with Gasteiger partial charge < -0.3 is 0 Å². The van der Waals surface area contributed by atoms with Gasteiger partial charge >= 0.3 is 0 Å². The van der Waals surface area contributed by atoms with Crippen LogP contribution in [0.25, 0.3) is 0 Å². The average molecular weight is 186 g/mol. The highest BCUT2D eigenvalue weighted by Crippen LogP contribution is 2.11. The van der Waals surface area contributed by atoms with Gasteiger partial charge in [-0.15, -0.1) is 0 Å². The van der Waals surface area contributed by atoms with Crippen molar-refractivity contribution in [1.82, 2.24) is 5.43 Å². The summed E-state index contributed by atoms with van der Waals surface area (Å²) in [5, 5.41) is 0. The van der Waals surface area contributed by atoms with Crippen LogP contribution in [0.3, 0.4) is 0 Å². The Morgan fingerprint density at radius 2 is 2.15 bits per heavy atom. The van der Waals surface area contributed by atoms with E-state index in [0.29, 0.717) is 0 Å². The monoisotopic (exact) mass is 186 g/mol. The van der Waals surface area contributed by atoms with Gasteiger partial charge in [-0.1, -0.05) is 12.1 Å². The fourth-order valence-electron chi connectivity index (χ4n) is 0.909. The summed E-state index contributed by atoms with van der Waals surface area (Å²) in [6, 6.07) is 3.64. The quantitative estimate of drug-likeness (QED) is 0.401. The molecule has 0 unspecified atom stereocenters. The molecule has 13 heavy (non-hydrogen) atoms. The van der Waals surface area contributed by atoms with Gasteiger partial charge in [0.25, 0.3) is 0 Å². The first-order valence-corrected chi connectivity index (χ1v) is 3.57.